The lowest BCUT2D eigenvalue weighted by molar-refractivity contribution is -0.305. The molecule has 1 aliphatic rings. The number of ether oxygens (including phenoxy) is 4. The Bertz CT molecular complexity index is 881. The van der Waals surface area contributed by atoms with Crippen molar-refractivity contribution in [2.24, 2.45) is 0 Å². The zero-order valence-corrected chi connectivity index (χ0v) is 33.8. The molecule has 0 saturated carbocycles. The van der Waals surface area contributed by atoms with Gasteiger partial charge in [0, 0.05) is 12.8 Å². The number of hydrogen-bond acceptors (Lipinski definition) is 10. The number of carbonyl (C=O) groups excluding carboxylic acids is 2. The van der Waals surface area contributed by atoms with Gasteiger partial charge in [-0.3, -0.25) is 9.59 Å². The van der Waals surface area contributed by atoms with Gasteiger partial charge in [0.1, 0.15) is 31.0 Å². The Balaban J connectivity index is 2.35. The maximum absolute atomic E-state index is 12.7. The zero-order chi connectivity index (χ0) is 38.8. The molecule has 0 amide bonds. The molecule has 0 unspecified atom stereocenters. The first-order valence-corrected chi connectivity index (χ1v) is 21.8. The molecule has 0 bridgehead atoms. The summed E-state index contributed by atoms with van der Waals surface area (Å²) in [7, 11) is 0. The third-order valence-electron chi connectivity index (χ3n) is 10.2. The molecular formula is C43H80O10. The van der Waals surface area contributed by atoms with Gasteiger partial charge in [0.05, 0.1) is 13.2 Å². The molecule has 10 heteroatoms. The molecule has 0 radical (unpaired) electrons. The lowest BCUT2D eigenvalue weighted by Gasteiger charge is -2.39. The number of esters is 2. The van der Waals surface area contributed by atoms with Gasteiger partial charge < -0.3 is 39.4 Å². The van der Waals surface area contributed by atoms with Gasteiger partial charge >= 0.3 is 11.9 Å². The summed E-state index contributed by atoms with van der Waals surface area (Å²) < 4.78 is 22.1. The first-order chi connectivity index (χ1) is 25.8. The number of aliphatic hydroxyl groups excluding tert-OH is 4. The average molecular weight is 757 g/mol. The summed E-state index contributed by atoms with van der Waals surface area (Å²) in [5.74, 6) is -0.812. The molecule has 0 aromatic carbocycles. The van der Waals surface area contributed by atoms with Gasteiger partial charge in [0.2, 0.25) is 0 Å². The highest BCUT2D eigenvalue weighted by atomic mass is 16.7. The third-order valence-corrected chi connectivity index (χ3v) is 10.2. The summed E-state index contributed by atoms with van der Waals surface area (Å²) in [4.78, 5) is 25.3. The zero-order valence-electron chi connectivity index (χ0n) is 33.8. The fourth-order valence-electron chi connectivity index (χ4n) is 6.65. The number of rotatable bonds is 36. The summed E-state index contributed by atoms with van der Waals surface area (Å²) in [5.41, 5.74) is 0. The van der Waals surface area contributed by atoms with Crippen LogP contribution >= 0.6 is 0 Å². The van der Waals surface area contributed by atoms with Gasteiger partial charge in [-0.1, -0.05) is 154 Å². The molecule has 0 spiro atoms. The summed E-state index contributed by atoms with van der Waals surface area (Å²) in [6.07, 6.45) is 27.9. The molecule has 6 atom stereocenters. The van der Waals surface area contributed by atoms with E-state index in [9.17, 15) is 30.0 Å². The van der Waals surface area contributed by atoms with E-state index in [0.29, 0.717) is 6.42 Å². The van der Waals surface area contributed by atoms with E-state index >= 15 is 0 Å². The summed E-state index contributed by atoms with van der Waals surface area (Å²) in [6, 6.07) is 0. The fourth-order valence-corrected chi connectivity index (χ4v) is 6.65. The first-order valence-electron chi connectivity index (χ1n) is 21.8. The molecule has 312 valence electrons. The second-order valence-electron chi connectivity index (χ2n) is 15.2. The van der Waals surface area contributed by atoms with Crippen molar-refractivity contribution in [1.82, 2.24) is 0 Å². The number of unbranched alkanes of at least 4 members (excludes halogenated alkanes) is 23. The molecule has 0 aliphatic carbocycles. The topological polar surface area (TPSA) is 152 Å². The molecule has 0 aromatic heterocycles. The standard InChI is InChI=1S/C43H80O10/c1-3-5-7-9-11-13-15-17-18-20-22-24-26-28-30-32-39(46)52-36(35-51-43-42(49)41(48)40(47)37(33-44)53-43)34-50-38(45)31-29-27-25-23-21-19-16-14-12-10-8-6-4-2/h18,20,36-37,40-44,47-49H,3-17,19,21-35H2,1-2H3/b20-18-/t36-,37-,40+,41+,42-,43+/m1/s1. The van der Waals surface area contributed by atoms with Gasteiger partial charge in [0.25, 0.3) is 0 Å². The summed E-state index contributed by atoms with van der Waals surface area (Å²) in [6.45, 7) is 3.41. The van der Waals surface area contributed by atoms with E-state index < -0.39 is 49.4 Å². The van der Waals surface area contributed by atoms with Gasteiger partial charge in [-0.25, -0.2) is 0 Å². The van der Waals surface area contributed by atoms with E-state index in [1.807, 2.05) is 0 Å². The minimum Gasteiger partial charge on any atom is -0.462 e. The lowest BCUT2D eigenvalue weighted by atomic mass is 9.99. The van der Waals surface area contributed by atoms with Crippen LogP contribution in [0.3, 0.4) is 0 Å². The van der Waals surface area contributed by atoms with Crippen LogP contribution in [-0.2, 0) is 28.5 Å². The normalized spacial score (nSPS) is 20.9. The van der Waals surface area contributed by atoms with Crippen LogP contribution in [0.2, 0.25) is 0 Å². The molecule has 1 fully saturated rings. The Morgan fingerprint density at radius 1 is 0.566 bits per heavy atom. The van der Waals surface area contributed by atoms with Crippen LogP contribution in [0.15, 0.2) is 12.2 Å². The molecule has 1 heterocycles. The molecule has 53 heavy (non-hydrogen) atoms. The van der Waals surface area contributed by atoms with Crippen molar-refractivity contribution in [3.05, 3.63) is 12.2 Å². The van der Waals surface area contributed by atoms with Gasteiger partial charge in [-0.2, -0.15) is 0 Å². The Hall–Kier alpha value is -1.56. The van der Waals surface area contributed by atoms with Crippen LogP contribution in [0, 0.1) is 0 Å². The van der Waals surface area contributed by atoms with E-state index in [0.717, 1.165) is 51.4 Å². The van der Waals surface area contributed by atoms with Crippen molar-refractivity contribution in [2.75, 3.05) is 19.8 Å². The van der Waals surface area contributed by atoms with E-state index in [1.54, 1.807) is 0 Å². The molecule has 0 aromatic rings. The van der Waals surface area contributed by atoms with Crippen LogP contribution in [-0.4, -0.2) is 89.0 Å². The van der Waals surface area contributed by atoms with Crippen LogP contribution in [0.4, 0.5) is 0 Å². The van der Waals surface area contributed by atoms with Crippen molar-refractivity contribution >= 4 is 11.9 Å². The molecule has 4 N–H and O–H groups in total. The number of aliphatic hydroxyl groups is 4. The molecule has 1 saturated heterocycles. The minimum atomic E-state index is -1.59. The summed E-state index contributed by atoms with van der Waals surface area (Å²) >= 11 is 0. The van der Waals surface area contributed by atoms with Crippen LogP contribution in [0.1, 0.15) is 194 Å². The second-order valence-corrected chi connectivity index (χ2v) is 15.2. The predicted molar refractivity (Wildman–Crippen MR) is 210 cm³/mol. The van der Waals surface area contributed by atoms with Gasteiger partial charge in [-0.15, -0.1) is 0 Å². The highest BCUT2D eigenvalue weighted by Gasteiger charge is 2.44. The monoisotopic (exact) mass is 757 g/mol. The maximum atomic E-state index is 12.7. The number of carbonyl (C=O) groups is 2. The third kappa shape index (κ3) is 26.8. The van der Waals surface area contributed by atoms with Gasteiger partial charge in [0.15, 0.2) is 12.4 Å². The van der Waals surface area contributed by atoms with E-state index in [1.165, 1.54) is 109 Å². The predicted octanol–water partition coefficient (Wildman–Crippen LogP) is 8.78. The van der Waals surface area contributed by atoms with E-state index in [4.69, 9.17) is 18.9 Å². The van der Waals surface area contributed by atoms with Gasteiger partial charge in [-0.05, 0) is 38.5 Å². The SMILES string of the molecule is CCCCCCCCC/C=C\CCCCCCC(=O)O[C@H](COC(=O)CCCCCCCCCCCCCCC)CO[C@H]1O[C@H](CO)[C@H](O)[C@H](O)[C@H]1O. The quantitative estimate of drug-likeness (QED) is 0.0277. The molecule has 1 aliphatic heterocycles. The lowest BCUT2D eigenvalue weighted by Crippen LogP contribution is -2.59. The Labute approximate surface area is 322 Å². The largest absolute Gasteiger partial charge is 0.462 e. The van der Waals surface area contributed by atoms with Crippen LogP contribution in [0.25, 0.3) is 0 Å². The maximum Gasteiger partial charge on any atom is 0.306 e. The van der Waals surface area contributed by atoms with Crippen molar-refractivity contribution in [3.8, 4) is 0 Å². The average Bonchev–Trinajstić information content (AvgIpc) is 3.15. The van der Waals surface area contributed by atoms with Crippen LogP contribution in [0.5, 0.6) is 0 Å². The van der Waals surface area contributed by atoms with Crippen molar-refractivity contribution in [2.45, 2.75) is 230 Å². The van der Waals surface area contributed by atoms with Crippen molar-refractivity contribution < 1.29 is 49.0 Å². The van der Waals surface area contributed by atoms with Crippen molar-refractivity contribution in [1.29, 1.82) is 0 Å². The smallest absolute Gasteiger partial charge is 0.306 e. The molecule has 10 nitrogen and oxygen atoms in total. The molecular weight excluding hydrogens is 676 g/mol. The number of hydrogen-bond donors (Lipinski definition) is 4. The highest BCUT2D eigenvalue weighted by Crippen LogP contribution is 2.22. The first kappa shape index (κ1) is 49.5. The fraction of sp³-hybridized carbons (Fsp3) is 0.907. The number of allylic oxidation sites excluding steroid dienone is 2. The minimum absolute atomic E-state index is 0.217. The van der Waals surface area contributed by atoms with E-state index in [-0.39, 0.29) is 32.0 Å². The van der Waals surface area contributed by atoms with Crippen LogP contribution < -0.4 is 0 Å². The summed E-state index contributed by atoms with van der Waals surface area (Å²) in [5, 5.41) is 40.0. The Morgan fingerprint density at radius 2 is 1.00 bits per heavy atom. The Kier molecular flexibility index (Phi) is 32.6. The Morgan fingerprint density at radius 3 is 1.47 bits per heavy atom. The second kappa shape index (κ2) is 34.9. The van der Waals surface area contributed by atoms with Crippen molar-refractivity contribution in [3.63, 3.8) is 0 Å². The highest BCUT2D eigenvalue weighted by molar-refractivity contribution is 5.70. The molecule has 1 rings (SSSR count). The van der Waals surface area contributed by atoms with E-state index in [2.05, 4.69) is 26.0 Å².